The van der Waals surface area contributed by atoms with Crippen molar-refractivity contribution in [2.24, 2.45) is 0 Å². The van der Waals surface area contributed by atoms with Crippen LogP contribution in [-0.2, 0) is 0 Å². The van der Waals surface area contributed by atoms with Crippen molar-refractivity contribution in [3.8, 4) is 11.5 Å². The van der Waals surface area contributed by atoms with Crippen molar-refractivity contribution >= 4 is 11.5 Å². The second-order valence-corrected chi connectivity index (χ2v) is 7.19. The summed E-state index contributed by atoms with van der Waals surface area (Å²) in [5, 5.41) is 3.99. The second-order valence-electron chi connectivity index (χ2n) is 7.19. The smallest absolute Gasteiger partial charge is 0.260 e. The predicted molar refractivity (Wildman–Crippen MR) is 93.5 cm³/mol. The maximum atomic E-state index is 6.40. The summed E-state index contributed by atoms with van der Waals surface area (Å²) in [5.41, 5.74) is 16.3. The molecule has 2 saturated carbocycles. The van der Waals surface area contributed by atoms with Gasteiger partial charge in [0.1, 0.15) is 5.82 Å². The Morgan fingerprint density at radius 3 is 2.12 bits per heavy atom. The molecule has 0 aromatic carbocycles. The molecule has 4 rings (SSSR count). The second kappa shape index (κ2) is 6.07. The molecule has 0 atom stereocenters. The molecule has 0 saturated heterocycles. The number of rotatable bonds is 3. The van der Waals surface area contributed by atoms with Gasteiger partial charge in [-0.3, -0.25) is 0 Å². The first kappa shape index (κ1) is 15.4. The number of nitrogen functional groups attached to an aromatic ring is 2. The quantitative estimate of drug-likeness (QED) is 0.885. The first-order valence-corrected chi connectivity index (χ1v) is 9.04. The fourth-order valence-corrected chi connectivity index (χ4v) is 4.41. The molecule has 2 aliphatic carbocycles. The van der Waals surface area contributed by atoms with E-state index in [0.29, 0.717) is 35.1 Å². The minimum absolute atomic E-state index is 0.412. The Kier molecular flexibility index (Phi) is 3.90. The number of hydrogen-bond acceptors (Lipinski definition) is 6. The molecular weight excluding hydrogens is 302 g/mol. The highest BCUT2D eigenvalue weighted by Gasteiger charge is 2.32. The van der Waals surface area contributed by atoms with Crippen LogP contribution in [0.3, 0.4) is 0 Å². The van der Waals surface area contributed by atoms with Crippen LogP contribution < -0.4 is 11.5 Å². The van der Waals surface area contributed by atoms with Gasteiger partial charge in [-0.25, -0.2) is 4.98 Å². The molecule has 128 valence electrons. The van der Waals surface area contributed by atoms with E-state index in [1.807, 2.05) is 6.92 Å². The zero-order valence-electron chi connectivity index (χ0n) is 14.2. The number of aromatic nitrogens is 3. The third-order valence-electron chi connectivity index (χ3n) is 5.58. The molecule has 2 aromatic rings. The van der Waals surface area contributed by atoms with Crippen LogP contribution >= 0.6 is 0 Å². The van der Waals surface area contributed by atoms with Crippen LogP contribution in [-0.4, -0.2) is 15.1 Å². The van der Waals surface area contributed by atoms with Crippen molar-refractivity contribution in [2.45, 2.75) is 70.1 Å². The molecule has 0 spiro atoms. The molecule has 2 heterocycles. The topological polar surface area (TPSA) is 104 Å². The SMILES string of the molecule is Cc1noc(-c2c(C3CCCC3)nc(N)c(N)c2C2CCCC2)n1. The van der Waals surface area contributed by atoms with Gasteiger partial charge in [-0.1, -0.05) is 30.8 Å². The Morgan fingerprint density at radius 2 is 1.54 bits per heavy atom. The van der Waals surface area contributed by atoms with Crippen molar-refractivity contribution in [3.05, 3.63) is 17.1 Å². The largest absolute Gasteiger partial charge is 0.395 e. The molecule has 2 aliphatic rings. The minimum Gasteiger partial charge on any atom is -0.395 e. The molecule has 0 aliphatic heterocycles. The first-order valence-electron chi connectivity index (χ1n) is 9.04. The van der Waals surface area contributed by atoms with Crippen LogP contribution in [0.1, 0.15) is 80.3 Å². The Bertz CT molecular complexity index is 742. The number of nitrogens with two attached hydrogens (primary N) is 2. The van der Waals surface area contributed by atoms with Gasteiger partial charge in [0.2, 0.25) is 0 Å². The number of pyridine rings is 1. The third kappa shape index (κ3) is 2.54. The Balaban J connectivity index is 1.95. The van der Waals surface area contributed by atoms with Crippen molar-refractivity contribution in [2.75, 3.05) is 11.5 Å². The summed E-state index contributed by atoms with van der Waals surface area (Å²) in [6.45, 7) is 1.84. The lowest BCUT2D eigenvalue weighted by Gasteiger charge is -2.22. The summed E-state index contributed by atoms with van der Waals surface area (Å²) >= 11 is 0. The van der Waals surface area contributed by atoms with Gasteiger partial charge < -0.3 is 16.0 Å². The number of nitrogens with zero attached hydrogens (tertiary/aromatic N) is 3. The normalized spacial score (nSPS) is 19.4. The zero-order valence-corrected chi connectivity index (χ0v) is 14.2. The average molecular weight is 327 g/mol. The van der Waals surface area contributed by atoms with Gasteiger partial charge in [0.25, 0.3) is 5.89 Å². The summed E-state index contributed by atoms with van der Waals surface area (Å²) < 4.78 is 5.55. The maximum Gasteiger partial charge on any atom is 0.260 e. The first-order chi connectivity index (χ1) is 11.6. The standard InChI is InChI=1S/C18H25N5O/c1-10-21-18(24-23-10)14-13(11-6-2-3-7-11)15(19)17(20)22-16(14)12-8-4-5-9-12/h11-12H,2-9,19H2,1H3,(H2,20,22). The third-order valence-corrected chi connectivity index (χ3v) is 5.58. The molecule has 0 unspecified atom stereocenters. The van der Waals surface area contributed by atoms with Crippen LogP contribution in [0.4, 0.5) is 11.5 Å². The van der Waals surface area contributed by atoms with E-state index in [4.69, 9.17) is 21.0 Å². The van der Waals surface area contributed by atoms with Gasteiger partial charge in [-0.15, -0.1) is 0 Å². The van der Waals surface area contributed by atoms with Gasteiger partial charge in [0.15, 0.2) is 5.82 Å². The summed E-state index contributed by atoms with van der Waals surface area (Å²) in [4.78, 5) is 9.20. The summed E-state index contributed by atoms with van der Waals surface area (Å²) in [6, 6.07) is 0. The average Bonchev–Trinajstić information content (AvgIpc) is 3.30. The Labute approximate surface area is 142 Å². The molecule has 2 fully saturated rings. The van der Waals surface area contributed by atoms with Gasteiger partial charge in [-0.05, 0) is 44.1 Å². The number of hydrogen-bond donors (Lipinski definition) is 2. The summed E-state index contributed by atoms with van der Waals surface area (Å²) in [5.74, 6) is 2.47. The number of aryl methyl sites for hydroxylation is 1. The van der Waals surface area contributed by atoms with Gasteiger partial charge in [0.05, 0.1) is 16.9 Å². The van der Waals surface area contributed by atoms with E-state index in [-0.39, 0.29) is 0 Å². The van der Waals surface area contributed by atoms with E-state index < -0.39 is 0 Å². The molecule has 6 nitrogen and oxygen atoms in total. The van der Waals surface area contributed by atoms with E-state index in [1.54, 1.807) is 0 Å². The fourth-order valence-electron chi connectivity index (χ4n) is 4.41. The minimum atomic E-state index is 0.412. The van der Waals surface area contributed by atoms with E-state index in [0.717, 1.165) is 42.5 Å². The van der Waals surface area contributed by atoms with Gasteiger partial charge in [0, 0.05) is 5.92 Å². The highest BCUT2D eigenvalue weighted by molar-refractivity contribution is 5.78. The van der Waals surface area contributed by atoms with Crippen LogP contribution in [0.25, 0.3) is 11.5 Å². The monoisotopic (exact) mass is 327 g/mol. The molecule has 0 amide bonds. The van der Waals surface area contributed by atoms with Gasteiger partial charge in [-0.2, -0.15) is 4.98 Å². The van der Waals surface area contributed by atoms with E-state index in [1.165, 1.54) is 25.7 Å². The maximum absolute atomic E-state index is 6.40. The predicted octanol–water partition coefficient (Wildman–Crippen LogP) is 3.92. The molecule has 0 bridgehead atoms. The molecule has 24 heavy (non-hydrogen) atoms. The molecule has 4 N–H and O–H groups in total. The van der Waals surface area contributed by atoms with E-state index in [2.05, 4.69) is 10.1 Å². The van der Waals surface area contributed by atoms with E-state index >= 15 is 0 Å². The Morgan fingerprint density at radius 1 is 0.917 bits per heavy atom. The highest BCUT2D eigenvalue weighted by atomic mass is 16.5. The van der Waals surface area contributed by atoms with Crippen LogP contribution in [0.15, 0.2) is 4.52 Å². The number of anilines is 2. The lowest BCUT2D eigenvalue weighted by Crippen LogP contribution is -2.13. The zero-order chi connectivity index (χ0) is 16.7. The lowest BCUT2D eigenvalue weighted by molar-refractivity contribution is 0.424. The van der Waals surface area contributed by atoms with Crippen LogP contribution in [0.2, 0.25) is 0 Å². The summed E-state index contributed by atoms with van der Waals surface area (Å²) in [6.07, 6.45) is 9.48. The summed E-state index contributed by atoms with van der Waals surface area (Å²) in [7, 11) is 0. The Hall–Kier alpha value is -2.11. The van der Waals surface area contributed by atoms with Crippen LogP contribution in [0.5, 0.6) is 0 Å². The van der Waals surface area contributed by atoms with E-state index in [9.17, 15) is 0 Å². The van der Waals surface area contributed by atoms with Gasteiger partial charge >= 0.3 is 0 Å². The van der Waals surface area contributed by atoms with Crippen molar-refractivity contribution in [3.63, 3.8) is 0 Å². The van der Waals surface area contributed by atoms with Crippen molar-refractivity contribution in [1.29, 1.82) is 0 Å². The molecule has 2 aromatic heterocycles. The fraction of sp³-hybridized carbons (Fsp3) is 0.611. The molecule has 6 heteroatoms. The van der Waals surface area contributed by atoms with Crippen molar-refractivity contribution in [1.82, 2.24) is 15.1 Å². The lowest BCUT2D eigenvalue weighted by atomic mass is 9.87. The molecule has 0 radical (unpaired) electrons. The van der Waals surface area contributed by atoms with Crippen molar-refractivity contribution < 1.29 is 4.52 Å². The highest BCUT2D eigenvalue weighted by Crippen LogP contribution is 2.47. The molecular formula is C18H25N5O. The van der Waals surface area contributed by atoms with Crippen LogP contribution in [0, 0.1) is 6.92 Å².